The molecule has 5 heteroatoms. The van der Waals surface area contributed by atoms with Gasteiger partial charge < -0.3 is 11.5 Å². The fourth-order valence-corrected chi connectivity index (χ4v) is 1.78. The van der Waals surface area contributed by atoms with E-state index in [-0.39, 0.29) is 0 Å². The molecule has 0 radical (unpaired) electrons. The Kier molecular flexibility index (Phi) is 4.28. The Morgan fingerprint density at radius 2 is 2.12 bits per heavy atom. The standard InChI is InChI=1S/C12H22N4O/c1-9-8-10(2)16(15-9)7-5-4-6-12(3,14)11(13)17/h8H,4-7,14H2,1-3H3,(H2,13,17). The first-order valence-corrected chi connectivity index (χ1v) is 5.93. The van der Waals surface area contributed by atoms with Gasteiger partial charge in [-0.25, -0.2) is 0 Å². The third kappa shape index (κ3) is 3.85. The zero-order valence-corrected chi connectivity index (χ0v) is 10.9. The molecule has 17 heavy (non-hydrogen) atoms. The fourth-order valence-electron chi connectivity index (χ4n) is 1.78. The van der Waals surface area contributed by atoms with Gasteiger partial charge in [-0.15, -0.1) is 0 Å². The summed E-state index contributed by atoms with van der Waals surface area (Å²) < 4.78 is 1.98. The van der Waals surface area contributed by atoms with Gasteiger partial charge in [-0.1, -0.05) is 0 Å². The number of primary amides is 1. The van der Waals surface area contributed by atoms with E-state index in [9.17, 15) is 4.79 Å². The zero-order chi connectivity index (χ0) is 13.1. The van der Waals surface area contributed by atoms with Gasteiger partial charge in [0.15, 0.2) is 0 Å². The molecule has 0 aliphatic heterocycles. The summed E-state index contributed by atoms with van der Waals surface area (Å²) in [6, 6.07) is 2.05. The lowest BCUT2D eigenvalue weighted by Crippen LogP contribution is -2.49. The van der Waals surface area contributed by atoms with Crippen molar-refractivity contribution in [2.45, 2.75) is 52.1 Å². The van der Waals surface area contributed by atoms with E-state index < -0.39 is 11.4 Å². The number of aromatic nitrogens is 2. The molecule has 4 N–H and O–H groups in total. The van der Waals surface area contributed by atoms with Crippen LogP contribution in [0.5, 0.6) is 0 Å². The van der Waals surface area contributed by atoms with Gasteiger partial charge in [0.25, 0.3) is 0 Å². The van der Waals surface area contributed by atoms with Crippen molar-refractivity contribution in [1.29, 1.82) is 0 Å². The molecule has 1 heterocycles. The number of nitrogens with two attached hydrogens (primary N) is 2. The van der Waals surface area contributed by atoms with E-state index in [1.165, 1.54) is 0 Å². The molecular formula is C12H22N4O. The third-order valence-electron chi connectivity index (χ3n) is 2.98. The molecule has 0 aromatic carbocycles. The lowest BCUT2D eigenvalue weighted by molar-refractivity contribution is -0.122. The predicted molar refractivity (Wildman–Crippen MR) is 67.3 cm³/mol. The van der Waals surface area contributed by atoms with Crippen LogP contribution in [0.25, 0.3) is 0 Å². The van der Waals surface area contributed by atoms with Crippen molar-refractivity contribution < 1.29 is 4.79 Å². The monoisotopic (exact) mass is 238 g/mol. The number of rotatable bonds is 6. The second kappa shape index (κ2) is 5.31. The van der Waals surface area contributed by atoms with Crippen molar-refractivity contribution in [2.24, 2.45) is 11.5 Å². The van der Waals surface area contributed by atoms with Crippen molar-refractivity contribution in [3.05, 3.63) is 17.5 Å². The highest BCUT2D eigenvalue weighted by molar-refractivity contribution is 5.83. The van der Waals surface area contributed by atoms with Gasteiger partial charge in [0.1, 0.15) is 0 Å². The summed E-state index contributed by atoms with van der Waals surface area (Å²) >= 11 is 0. The average molecular weight is 238 g/mol. The van der Waals surface area contributed by atoms with Crippen LogP contribution in [-0.4, -0.2) is 21.2 Å². The summed E-state index contributed by atoms with van der Waals surface area (Å²) in [6.45, 7) is 6.55. The van der Waals surface area contributed by atoms with E-state index in [0.29, 0.717) is 6.42 Å². The molecule has 0 aliphatic rings. The van der Waals surface area contributed by atoms with E-state index >= 15 is 0 Å². The van der Waals surface area contributed by atoms with Crippen LogP contribution in [0.3, 0.4) is 0 Å². The second-order valence-electron chi connectivity index (χ2n) is 4.89. The number of hydrogen-bond acceptors (Lipinski definition) is 3. The van der Waals surface area contributed by atoms with Crippen LogP contribution < -0.4 is 11.5 Å². The molecule has 5 nitrogen and oxygen atoms in total. The normalized spacial score (nSPS) is 14.6. The summed E-state index contributed by atoms with van der Waals surface area (Å²) in [5.41, 5.74) is 12.3. The Bertz CT molecular complexity index is 395. The molecule has 1 aromatic heterocycles. The summed E-state index contributed by atoms with van der Waals surface area (Å²) in [6.07, 6.45) is 2.43. The molecular weight excluding hydrogens is 216 g/mol. The zero-order valence-electron chi connectivity index (χ0n) is 10.9. The SMILES string of the molecule is Cc1cc(C)n(CCCCC(C)(N)C(N)=O)n1. The maximum atomic E-state index is 11.0. The van der Waals surface area contributed by atoms with Crippen molar-refractivity contribution in [3.63, 3.8) is 0 Å². The Balaban J connectivity index is 2.34. The number of unbranched alkanes of at least 4 members (excludes halogenated alkanes) is 1. The molecule has 0 aliphatic carbocycles. The molecule has 1 amide bonds. The van der Waals surface area contributed by atoms with E-state index in [0.717, 1.165) is 30.8 Å². The number of aryl methyl sites for hydroxylation is 3. The third-order valence-corrected chi connectivity index (χ3v) is 2.98. The summed E-state index contributed by atoms with van der Waals surface area (Å²) in [5.74, 6) is -0.441. The van der Waals surface area contributed by atoms with Crippen LogP contribution in [0.15, 0.2) is 6.07 Å². The van der Waals surface area contributed by atoms with E-state index in [1.807, 2.05) is 18.5 Å². The number of carbonyl (C=O) groups excluding carboxylic acids is 1. The summed E-state index contributed by atoms with van der Waals surface area (Å²) in [7, 11) is 0. The van der Waals surface area contributed by atoms with Gasteiger partial charge >= 0.3 is 0 Å². The molecule has 0 saturated carbocycles. The smallest absolute Gasteiger partial charge is 0.237 e. The van der Waals surface area contributed by atoms with Crippen molar-refractivity contribution in [1.82, 2.24) is 9.78 Å². The number of carbonyl (C=O) groups is 1. The minimum atomic E-state index is -0.894. The molecule has 0 spiro atoms. The Morgan fingerprint density at radius 1 is 1.47 bits per heavy atom. The van der Waals surface area contributed by atoms with Crippen molar-refractivity contribution in [3.8, 4) is 0 Å². The fraction of sp³-hybridized carbons (Fsp3) is 0.667. The maximum Gasteiger partial charge on any atom is 0.237 e. The minimum absolute atomic E-state index is 0.441. The highest BCUT2D eigenvalue weighted by atomic mass is 16.1. The van der Waals surface area contributed by atoms with Crippen LogP contribution >= 0.6 is 0 Å². The Hall–Kier alpha value is -1.36. The van der Waals surface area contributed by atoms with Gasteiger partial charge in [0.2, 0.25) is 5.91 Å². The topological polar surface area (TPSA) is 86.9 Å². The maximum absolute atomic E-state index is 11.0. The molecule has 0 fully saturated rings. The molecule has 0 bridgehead atoms. The lowest BCUT2D eigenvalue weighted by Gasteiger charge is -2.19. The Labute approximate surface area is 102 Å². The van der Waals surface area contributed by atoms with E-state index in [2.05, 4.69) is 11.2 Å². The molecule has 96 valence electrons. The first-order valence-electron chi connectivity index (χ1n) is 5.93. The Morgan fingerprint density at radius 3 is 2.59 bits per heavy atom. The molecule has 1 aromatic rings. The molecule has 1 rings (SSSR count). The average Bonchev–Trinajstić information content (AvgIpc) is 2.52. The second-order valence-corrected chi connectivity index (χ2v) is 4.89. The van der Waals surface area contributed by atoms with E-state index in [1.54, 1.807) is 6.92 Å². The van der Waals surface area contributed by atoms with Gasteiger partial charge in [-0.2, -0.15) is 5.10 Å². The van der Waals surface area contributed by atoms with E-state index in [4.69, 9.17) is 11.5 Å². The lowest BCUT2D eigenvalue weighted by atomic mass is 9.95. The van der Waals surface area contributed by atoms with Crippen LogP contribution in [0.1, 0.15) is 37.6 Å². The summed E-state index contributed by atoms with van der Waals surface area (Å²) in [5, 5.41) is 4.37. The highest BCUT2D eigenvalue weighted by Gasteiger charge is 2.24. The molecule has 0 saturated heterocycles. The van der Waals surface area contributed by atoms with Gasteiger partial charge in [0, 0.05) is 12.2 Å². The first kappa shape index (κ1) is 13.7. The summed E-state index contributed by atoms with van der Waals surface area (Å²) in [4.78, 5) is 11.0. The highest BCUT2D eigenvalue weighted by Crippen LogP contribution is 2.11. The number of amides is 1. The molecule has 1 unspecified atom stereocenters. The van der Waals surface area contributed by atoms with Gasteiger partial charge in [-0.3, -0.25) is 9.48 Å². The van der Waals surface area contributed by atoms with Gasteiger partial charge in [-0.05, 0) is 46.1 Å². The minimum Gasteiger partial charge on any atom is -0.368 e. The van der Waals surface area contributed by atoms with Crippen LogP contribution in [0.2, 0.25) is 0 Å². The van der Waals surface area contributed by atoms with Crippen LogP contribution in [-0.2, 0) is 11.3 Å². The van der Waals surface area contributed by atoms with Crippen LogP contribution in [0, 0.1) is 13.8 Å². The number of hydrogen-bond donors (Lipinski definition) is 2. The van der Waals surface area contributed by atoms with Crippen molar-refractivity contribution in [2.75, 3.05) is 0 Å². The quantitative estimate of drug-likeness (QED) is 0.721. The number of nitrogens with zero attached hydrogens (tertiary/aromatic N) is 2. The first-order chi connectivity index (χ1) is 7.83. The largest absolute Gasteiger partial charge is 0.368 e. The van der Waals surface area contributed by atoms with Gasteiger partial charge in [0.05, 0.1) is 11.2 Å². The molecule has 1 atom stereocenters. The van der Waals surface area contributed by atoms with Crippen molar-refractivity contribution >= 4 is 5.91 Å². The predicted octanol–water partition coefficient (Wildman–Crippen LogP) is 0.873. The van der Waals surface area contributed by atoms with Crippen LogP contribution in [0.4, 0.5) is 0 Å².